The van der Waals surface area contributed by atoms with Crippen LogP contribution in [0.5, 0.6) is 0 Å². The first-order valence-electron chi connectivity index (χ1n) is 6.33. The Bertz CT molecular complexity index is 611. The van der Waals surface area contributed by atoms with Crippen LogP contribution in [0.25, 0.3) is 0 Å². The normalized spacial score (nSPS) is 10.5. The first-order chi connectivity index (χ1) is 9.42. The minimum atomic E-state index is 0.779. The maximum Gasteiger partial charge on any atom is 0.0679 e. The van der Waals surface area contributed by atoms with E-state index in [-0.39, 0.29) is 0 Å². The number of nitrogens with zero attached hydrogens (tertiary/aromatic N) is 2. The molecule has 4 heteroatoms. The monoisotopic (exact) mass is 252 g/mol. The fraction of sp³-hybridized carbons (Fsp3) is 0.133. The molecule has 0 unspecified atom stereocenters. The van der Waals surface area contributed by atoms with E-state index < -0.39 is 0 Å². The van der Waals surface area contributed by atoms with E-state index in [1.165, 1.54) is 11.3 Å². The van der Waals surface area contributed by atoms with E-state index >= 15 is 0 Å². The molecule has 0 saturated carbocycles. The van der Waals surface area contributed by atoms with Gasteiger partial charge in [0.25, 0.3) is 0 Å². The summed E-state index contributed by atoms with van der Waals surface area (Å²) in [6.45, 7) is 1.57. The van der Waals surface area contributed by atoms with Gasteiger partial charge < -0.3 is 10.3 Å². The van der Waals surface area contributed by atoms with Gasteiger partial charge in [0.2, 0.25) is 0 Å². The summed E-state index contributed by atoms with van der Waals surface area (Å²) in [7, 11) is 0. The van der Waals surface area contributed by atoms with Gasteiger partial charge in [0.15, 0.2) is 0 Å². The van der Waals surface area contributed by atoms with Crippen LogP contribution < -0.4 is 5.32 Å². The van der Waals surface area contributed by atoms with Crippen molar-refractivity contribution in [3.63, 3.8) is 0 Å². The van der Waals surface area contributed by atoms with Crippen molar-refractivity contribution in [3.8, 4) is 0 Å². The number of rotatable bonds is 5. The quantitative estimate of drug-likeness (QED) is 0.733. The zero-order valence-corrected chi connectivity index (χ0v) is 10.6. The smallest absolute Gasteiger partial charge is 0.0679 e. The van der Waals surface area contributed by atoms with Crippen LogP contribution in [0.2, 0.25) is 0 Å². The zero-order chi connectivity index (χ0) is 12.9. The highest BCUT2D eigenvalue weighted by Gasteiger charge is 2.02. The van der Waals surface area contributed by atoms with Crippen molar-refractivity contribution in [2.45, 2.75) is 13.1 Å². The number of benzene rings is 1. The molecule has 0 aliphatic rings. The molecule has 0 bridgehead atoms. The third-order valence-electron chi connectivity index (χ3n) is 3.04. The van der Waals surface area contributed by atoms with Crippen molar-refractivity contribution in [3.05, 3.63) is 72.3 Å². The second kappa shape index (κ2) is 5.44. The van der Waals surface area contributed by atoms with Crippen LogP contribution in [-0.4, -0.2) is 14.8 Å². The van der Waals surface area contributed by atoms with Crippen molar-refractivity contribution < 1.29 is 0 Å². The summed E-state index contributed by atoms with van der Waals surface area (Å²) in [6.07, 6.45) is 5.71. The summed E-state index contributed by atoms with van der Waals surface area (Å²) in [5.74, 6) is 0. The van der Waals surface area contributed by atoms with E-state index in [0.717, 1.165) is 18.8 Å². The van der Waals surface area contributed by atoms with Gasteiger partial charge in [-0.15, -0.1) is 0 Å². The van der Waals surface area contributed by atoms with Crippen molar-refractivity contribution in [2.75, 3.05) is 5.32 Å². The molecule has 0 aliphatic carbocycles. The standard InChI is InChI=1S/C15H16N4/c1-2-7-15(17-11-14-6-3-8-16-14)13(5-1)12-19-10-4-9-18-19/h1-10,16-17H,11-12H2. The van der Waals surface area contributed by atoms with Gasteiger partial charge in [-0.1, -0.05) is 18.2 Å². The topological polar surface area (TPSA) is 45.6 Å². The summed E-state index contributed by atoms with van der Waals surface area (Å²) >= 11 is 0. The lowest BCUT2D eigenvalue weighted by molar-refractivity contribution is 0.687. The van der Waals surface area contributed by atoms with Crippen LogP contribution >= 0.6 is 0 Å². The Balaban J connectivity index is 1.73. The van der Waals surface area contributed by atoms with Gasteiger partial charge >= 0.3 is 0 Å². The molecule has 1 aromatic carbocycles. The van der Waals surface area contributed by atoms with Gasteiger partial charge in [-0.25, -0.2) is 0 Å². The van der Waals surface area contributed by atoms with Gasteiger partial charge in [-0.05, 0) is 29.8 Å². The Labute approximate surface area is 112 Å². The van der Waals surface area contributed by atoms with Crippen molar-refractivity contribution in [1.82, 2.24) is 14.8 Å². The fourth-order valence-electron chi connectivity index (χ4n) is 2.07. The molecule has 0 fully saturated rings. The number of nitrogens with one attached hydrogen (secondary N) is 2. The molecule has 0 saturated heterocycles. The minimum absolute atomic E-state index is 0.779. The Morgan fingerprint density at radius 3 is 2.84 bits per heavy atom. The molecular formula is C15H16N4. The summed E-state index contributed by atoms with van der Waals surface area (Å²) in [6, 6.07) is 14.3. The summed E-state index contributed by atoms with van der Waals surface area (Å²) < 4.78 is 1.93. The van der Waals surface area contributed by atoms with Crippen LogP contribution in [-0.2, 0) is 13.1 Å². The summed E-state index contributed by atoms with van der Waals surface area (Å²) in [5, 5.41) is 7.70. The molecule has 0 radical (unpaired) electrons. The molecule has 0 atom stereocenters. The van der Waals surface area contributed by atoms with E-state index in [0.29, 0.717) is 0 Å². The molecular weight excluding hydrogens is 236 g/mol. The summed E-state index contributed by atoms with van der Waals surface area (Å²) in [5.41, 5.74) is 3.55. The molecule has 19 heavy (non-hydrogen) atoms. The van der Waals surface area contributed by atoms with Crippen LogP contribution in [0.1, 0.15) is 11.3 Å². The zero-order valence-electron chi connectivity index (χ0n) is 10.6. The van der Waals surface area contributed by atoms with Gasteiger partial charge in [0.1, 0.15) is 0 Å². The van der Waals surface area contributed by atoms with Gasteiger partial charge in [-0.3, -0.25) is 4.68 Å². The van der Waals surface area contributed by atoms with Gasteiger partial charge in [0, 0.05) is 30.0 Å². The maximum atomic E-state index is 4.25. The number of hydrogen-bond donors (Lipinski definition) is 2. The highest BCUT2D eigenvalue weighted by Crippen LogP contribution is 2.16. The third-order valence-corrected chi connectivity index (χ3v) is 3.04. The van der Waals surface area contributed by atoms with E-state index in [4.69, 9.17) is 0 Å². The number of aromatic nitrogens is 3. The van der Waals surface area contributed by atoms with E-state index in [1.807, 2.05) is 35.3 Å². The molecule has 2 N–H and O–H groups in total. The molecule has 0 aliphatic heterocycles. The Hall–Kier alpha value is -2.49. The van der Waals surface area contributed by atoms with Crippen LogP contribution in [0.3, 0.4) is 0 Å². The molecule has 2 heterocycles. The lowest BCUT2D eigenvalue weighted by Crippen LogP contribution is -2.06. The van der Waals surface area contributed by atoms with Crippen LogP contribution in [0.4, 0.5) is 5.69 Å². The second-order valence-corrected chi connectivity index (χ2v) is 4.41. The average Bonchev–Trinajstić information content (AvgIpc) is 3.10. The Morgan fingerprint density at radius 1 is 1.11 bits per heavy atom. The lowest BCUT2D eigenvalue weighted by Gasteiger charge is -2.11. The molecule has 3 aromatic rings. The van der Waals surface area contributed by atoms with E-state index in [1.54, 1.807) is 6.20 Å². The summed E-state index contributed by atoms with van der Waals surface area (Å²) in [4.78, 5) is 3.19. The highest BCUT2D eigenvalue weighted by atomic mass is 15.3. The second-order valence-electron chi connectivity index (χ2n) is 4.41. The van der Waals surface area contributed by atoms with Crippen molar-refractivity contribution in [2.24, 2.45) is 0 Å². The first-order valence-corrected chi connectivity index (χ1v) is 6.33. The van der Waals surface area contributed by atoms with Gasteiger partial charge in [0.05, 0.1) is 13.1 Å². The van der Waals surface area contributed by atoms with E-state index in [2.05, 4.69) is 39.7 Å². The van der Waals surface area contributed by atoms with Crippen molar-refractivity contribution >= 4 is 5.69 Å². The molecule has 96 valence electrons. The predicted molar refractivity (Wildman–Crippen MR) is 75.9 cm³/mol. The molecule has 3 rings (SSSR count). The third kappa shape index (κ3) is 2.85. The molecule has 0 amide bonds. The number of anilines is 1. The molecule has 2 aromatic heterocycles. The van der Waals surface area contributed by atoms with Gasteiger partial charge in [-0.2, -0.15) is 5.10 Å². The highest BCUT2D eigenvalue weighted by molar-refractivity contribution is 5.51. The SMILES string of the molecule is c1c[nH]c(CNc2ccccc2Cn2cccn2)c1. The average molecular weight is 252 g/mol. The van der Waals surface area contributed by atoms with Crippen molar-refractivity contribution in [1.29, 1.82) is 0 Å². The minimum Gasteiger partial charge on any atom is -0.379 e. The van der Waals surface area contributed by atoms with E-state index in [9.17, 15) is 0 Å². The Morgan fingerprint density at radius 2 is 2.05 bits per heavy atom. The number of hydrogen-bond acceptors (Lipinski definition) is 2. The number of aromatic amines is 1. The largest absolute Gasteiger partial charge is 0.379 e. The fourth-order valence-corrected chi connectivity index (χ4v) is 2.07. The first kappa shape index (κ1) is 11.6. The van der Waals surface area contributed by atoms with Crippen LogP contribution in [0.15, 0.2) is 61.1 Å². The maximum absolute atomic E-state index is 4.25. The lowest BCUT2D eigenvalue weighted by atomic mass is 10.1. The van der Waals surface area contributed by atoms with Crippen LogP contribution in [0, 0.1) is 0 Å². The number of para-hydroxylation sites is 1. The predicted octanol–water partition coefficient (Wildman–Crippen LogP) is 2.87. The molecule has 4 nitrogen and oxygen atoms in total. The number of H-pyrrole nitrogens is 1. The molecule has 0 spiro atoms. The Kier molecular flexibility index (Phi) is 3.32.